The first-order valence-corrected chi connectivity index (χ1v) is 6.79. The molecule has 5 nitrogen and oxygen atoms in total. The van der Waals surface area contributed by atoms with Gasteiger partial charge in [-0.25, -0.2) is 0 Å². The maximum Gasteiger partial charge on any atom is 0.196 e. The first-order chi connectivity index (χ1) is 10.5. The molecular weight excluding hydrogens is 284 g/mol. The quantitative estimate of drug-likeness (QED) is 0.691. The van der Waals surface area contributed by atoms with Crippen molar-refractivity contribution in [3.8, 4) is 17.2 Å². The third-order valence-electron chi connectivity index (χ3n) is 3.44. The molecule has 0 saturated carbocycles. The molecular formula is C17H14O5. The van der Waals surface area contributed by atoms with Crippen LogP contribution in [0.15, 0.2) is 51.7 Å². The fraction of sp³-hybridized carbons (Fsp3) is 0.118. The average Bonchev–Trinajstić information content (AvgIpc) is 2.45. The zero-order chi connectivity index (χ0) is 15.7. The molecule has 5 heteroatoms. The van der Waals surface area contributed by atoms with E-state index in [2.05, 4.69) is 0 Å². The highest BCUT2D eigenvalue weighted by molar-refractivity contribution is 5.84. The third-order valence-corrected chi connectivity index (χ3v) is 3.44. The first kappa shape index (κ1) is 14.0. The van der Waals surface area contributed by atoms with Crippen LogP contribution in [0.25, 0.3) is 11.0 Å². The van der Waals surface area contributed by atoms with Gasteiger partial charge in [0.2, 0.25) is 0 Å². The van der Waals surface area contributed by atoms with Gasteiger partial charge in [0.25, 0.3) is 0 Å². The Morgan fingerprint density at radius 3 is 2.32 bits per heavy atom. The van der Waals surface area contributed by atoms with E-state index in [0.717, 1.165) is 11.6 Å². The van der Waals surface area contributed by atoms with Crippen LogP contribution in [0.3, 0.4) is 0 Å². The van der Waals surface area contributed by atoms with Crippen molar-refractivity contribution in [1.29, 1.82) is 0 Å². The molecule has 0 aliphatic heterocycles. The second-order valence-electron chi connectivity index (χ2n) is 5.08. The molecule has 0 bridgehead atoms. The number of aromatic hydroxyl groups is 3. The molecule has 0 fully saturated rings. The Labute approximate surface area is 125 Å². The molecule has 0 saturated heterocycles. The molecule has 2 aromatic carbocycles. The van der Waals surface area contributed by atoms with Crippen LogP contribution >= 0.6 is 0 Å². The van der Waals surface area contributed by atoms with Crippen LogP contribution in [0.2, 0.25) is 0 Å². The SMILES string of the molecule is O=c1cc(CCc2ccc(O)cc2)oc2cc(O)cc(O)c12. The van der Waals surface area contributed by atoms with Crippen molar-refractivity contribution in [2.75, 3.05) is 0 Å². The van der Waals surface area contributed by atoms with Gasteiger partial charge in [-0.1, -0.05) is 12.1 Å². The number of hydrogen-bond acceptors (Lipinski definition) is 5. The lowest BCUT2D eigenvalue weighted by Gasteiger charge is -2.05. The van der Waals surface area contributed by atoms with Crippen LogP contribution in [0.1, 0.15) is 11.3 Å². The summed E-state index contributed by atoms with van der Waals surface area (Å²) in [6.45, 7) is 0. The second-order valence-corrected chi connectivity index (χ2v) is 5.08. The van der Waals surface area contributed by atoms with Gasteiger partial charge in [-0.15, -0.1) is 0 Å². The molecule has 0 atom stereocenters. The molecule has 0 aliphatic carbocycles. The topological polar surface area (TPSA) is 90.9 Å². The molecule has 0 amide bonds. The standard InChI is InChI=1S/C17H14O5/c18-11-4-1-10(2-5-11)3-6-13-9-15(21)17-14(20)7-12(19)8-16(17)22-13/h1-2,4-5,7-9,18-20H,3,6H2. The molecule has 0 radical (unpaired) electrons. The largest absolute Gasteiger partial charge is 0.508 e. The zero-order valence-corrected chi connectivity index (χ0v) is 11.6. The number of phenols is 3. The minimum Gasteiger partial charge on any atom is -0.508 e. The molecule has 0 spiro atoms. The van der Waals surface area contributed by atoms with Gasteiger partial charge in [-0.2, -0.15) is 0 Å². The van der Waals surface area contributed by atoms with E-state index >= 15 is 0 Å². The maximum absolute atomic E-state index is 12.1. The number of benzene rings is 2. The van der Waals surface area contributed by atoms with E-state index in [-0.39, 0.29) is 33.6 Å². The summed E-state index contributed by atoms with van der Waals surface area (Å²) in [6, 6.07) is 10.6. The highest BCUT2D eigenvalue weighted by Gasteiger charge is 2.11. The molecule has 1 aromatic heterocycles. The van der Waals surface area contributed by atoms with Gasteiger partial charge < -0.3 is 19.7 Å². The van der Waals surface area contributed by atoms with Crippen molar-refractivity contribution < 1.29 is 19.7 Å². The highest BCUT2D eigenvalue weighted by Crippen LogP contribution is 2.28. The Balaban J connectivity index is 1.91. The molecule has 3 aromatic rings. The van der Waals surface area contributed by atoms with Crippen molar-refractivity contribution in [1.82, 2.24) is 0 Å². The predicted octanol–water partition coefficient (Wildman–Crippen LogP) is 2.70. The van der Waals surface area contributed by atoms with Gasteiger partial charge in [-0.05, 0) is 24.1 Å². The lowest BCUT2D eigenvalue weighted by Crippen LogP contribution is -2.03. The zero-order valence-electron chi connectivity index (χ0n) is 11.6. The third kappa shape index (κ3) is 2.74. The van der Waals surface area contributed by atoms with Crippen LogP contribution in [-0.2, 0) is 12.8 Å². The van der Waals surface area contributed by atoms with Gasteiger partial charge in [0.15, 0.2) is 5.43 Å². The lowest BCUT2D eigenvalue weighted by atomic mass is 10.1. The monoisotopic (exact) mass is 298 g/mol. The van der Waals surface area contributed by atoms with Gasteiger partial charge in [0, 0.05) is 24.6 Å². The molecule has 112 valence electrons. The van der Waals surface area contributed by atoms with Crippen molar-refractivity contribution in [3.63, 3.8) is 0 Å². The summed E-state index contributed by atoms with van der Waals surface area (Å²) >= 11 is 0. The normalized spacial score (nSPS) is 10.9. The van der Waals surface area contributed by atoms with Gasteiger partial charge in [0.05, 0.1) is 0 Å². The minimum absolute atomic E-state index is 0.0613. The van der Waals surface area contributed by atoms with Gasteiger partial charge in [-0.3, -0.25) is 4.79 Å². The molecule has 0 unspecified atom stereocenters. The number of fused-ring (bicyclic) bond motifs is 1. The van der Waals surface area contributed by atoms with E-state index in [1.54, 1.807) is 24.3 Å². The smallest absolute Gasteiger partial charge is 0.196 e. The van der Waals surface area contributed by atoms with Crippen LogP contribution in [0.4, 0.5) is 0 Å². The summed E-state index contributed by atoms with van der Waals surface area (Å²) < 4.78 is 5.58. The van der Waals surface area contributed by atoms with E-state index < -0.39 is 0 Å². The molecule has 1 heterocycles. The van der Waals surface area contributed by atoms with Crippen LogP contribution < -0.4 is 5.43 Å². The highest BCUT2D eigenvalue weighted by atomic mass is 16.3. The minimum atomic E-state index is -0.348. The Hall–Kier alpha value is -2.95. The average molecular weight is 298 g/mol. The van der Waals surface area contributed by atoms with Crippen molar-refractivity contribution >= 4 is 11.0 Å². The predicted molar refractivity (Wildman–Crippen MR) is 81.3 cm³/mol. The maximum atomic E-state index is 12.1. The first-order valence-electron chi connectivity index (χ1n) is 6.79. The van der Waals surface area contributed by atoms with Gasteiger partial charge in [0.1, 0.15) is 34.0 Å². The number of hydrogen-bond donors (Lipinski definition) is 3. The Bertz CT molecular complexity index is 878. The Kier molecular flexibility index (Phi) is 3.47. The molecule has 0 aliphatic rings. The second kappa shape index (κ2) is 5.44. The van der Waals surface area contributed by atoms with Crippen molar-refractivity contribution in [2.24, 2.45) is 0 Å². The van der Waals surface area contributed by atoms with E-state index in [0.29, 0.717) is 18.6 Å². The Morgan fingerprint density at radius 1 is 0.864 bits per heavy atom. The molecule has 3 N–H and O–H groups in total. The molecule has 3 rings (SSSR count). The molecule has 22 heavy (non-hydrogen) atoms. The number of aryl methyl sites for hydroxylation is 2. The van der Waals surface area contributed by atoms with Crippen LogP contribution in [0, 0.1) is 0 Å². The van der Waals surface area contributed by atoms with Crippen LogP contribution in [0.5, 0.6) is 17.2 Å². The summed E-state index contributed by atoms with van der Waals surface area (Å²) in [4.78, 5) is 12.1. The summed E-state index contributed by atoms with van der Waals surface area (Å²) in [5.74, 6) is 0.209. The van der Waals surface area contributed by atoms with Crippen molar-refractivity contribution in [3.05, 3.63) is 64.0 Å². The lowest BCUT2D eigenvalue weighted by molar-refractivity contribution is 0.450. The van der Waals surface area contributed by atoms with Gasteiger partial charge >= 0.3 is 0 Å². The number of phenolic OH excluding ortho intramolecular Hbond substituents is 3. The summed E-state index contributed by atoms with van der Waals surface area (Å²) in [5, 5.41) is 28.5. The summed E-state index contributed by atoms with van der Waals surface area (Å²) in [5.41, 5.74) is 0.810. The van der Waals surface area contributed by atoms with E-state index in [9.17, 15) is 20.1 Å². The van der Waals surface area contributed by atoms with E-state index in [1.165, 1.54) is 12.1 Å². The summed E-state index contributed by atoms with van der Waals surface area (Å²) in [6.07, 6.45) is 1.13. The Morgan fingerprint density at radius 2 is 1.59 bits per heavy atom. The van der Waals surface area contributed by atoms with E-state index in [1.807, 2.05) is 0 Å². The van der Waals surface area contributed by atoms with Crippen LogP contribution in [-0.4, -0.2) is 15.3 Å². The van der Waals surface area contributed by atoms with E-state index in [4.69, 9.17) is 4.42 Å². The fourth-order valence-electron chi connectivity index (χ4n) is 2.36. The summed E-state index contributed by atoms with van der Waals surface area (Å²) in [7, 11) is 0. The fourth-order valence-corrected chi connectivity index (χ4v) is 2.36. The van der Waals surface area contributed by atoms with Crippen molar-refractivity contribution in [2.45, 2.75) is 12.8 Å². The number of rotatable bonds is 3.